The normalized spacial score (nSPS) is 18.0. The van der Waals surface area contributed by atoms with Crippen molar-refractivity contribution in [1.29, 1.82) is 0 Å². The van der Waals surface area contributed by atoms with E-state index in [4.69, 9.17) is 23.2 Å². The van der Waals surface area contributed by atoms with Gasteiger partial charge in [0.1, 0.15) is 11.7 Å². The molecule has 10 heteroatoms. The van der Waals surface area contributed by atoms with Crippen LogP contribution in [0.25, 0.3) is 0 Å². The molecule has 1 atom stereocenters. The summed E-state index contributed by atoms with van der Waals surface area (Å²) in [5.41, 5.74) is 0.871. The number of nitrogens with zero attached hydrogens (tertiary/aromatic N) is 2. The zero-order chi connectivity index (χ0) is 22.1. The minimum atomic E-state index is -0.687. The molecule has 8 nitrogen and oxygen atoms in total. The minimum Gasteiger partial charge on any atom is -0.377 e. The van der Waals surface area contributed by atoms with E-state index in [1.54, 1.807) is 30.3 Å². The lowest BCUT2D eigenvalue weighted by atomic mass is 10.1. The average Bonchev–Trinajstić information content (AvgIpc) is 3.38. The van der Waals surface area contributed by atoms with Crippen LogP contribution in [-0.2, 0) is 4.79 Å². The number of benzene rings is 2. The zero-order valence-corrected chi connectivity index (χ0v) is 17.9. The first-order chi connectivity index (χ1) is 14.8. The zero-order valence-electron chi connectivity index (χ0n) is 16.4. The second-order valence-corrected chi connectivity index (χ2v) is 8.58. The number of rotatable bonds is 6. The Morgan fingerprint density at radius 2 is 1.77 bits per heavy atom. The Morgan fingerprint density at radius 3 is 2.42 bits per heavy atom. The maximum absolute atomic E-state index is 13.1. The fourth-order valence-electron chi connectivity index (χ4n) is 3.69. The van der Waals surface area contributed by atoms with Gasteiger partial charge in [0.15, 0.2) is 0 Å². The lowest BCUT2D eigenvalue weighted by Crippen LogP contribution is -2.43. The van der Waals surface area contributed by atoms with Crippen LogP contribution in [0.5, 0.6) is 0 Å². The molecule has 0 bridgehead atoms. The molecule has 162 valence electrons. The van der Waals surface area contributed by atoms with E-state index in [2.05, 4.69) is 10.6 Å². The van der Waals surface area contributed by atoms with Crippen LogP contribution in [0.15, 0.2) is 36.4 Å². The summed E-state index contributed by atoms with van der Waals surface area (Å²) in [5, 5.41) is 18.1. The third kappa shape index (κ3) is 4.91. The lowest BCUT2D eigenvalue weighted by Gasteiger charge is -2.24. The van der Waals surface area contributed by atoms with E-state index in [9.17, 15) is 19.7 Å². The Hall–Kier alpha value is -2.84. The number of amides is 2. The summed E-state index contributed by atoms with van der Waals surface area (Å²) in [6, 6.07) is 8.64. The van der Waals surface area contributed by atoms with Crippen molar-refractivity contribution >= 4 is 52.1 Å². The molecular weight excluding hydrogens is 443 g/mol. The predicted octanol–water partition coefficient (Wildman–Crippen LogP) is 4.72. The summed E-state index contributed by atoms with van der Waals surface area (Å²) in [6.07, 6.45) is 3.10. The smallest absolute Gasteiger partial charge is 0.293 e. The topological polar surface area (TPSA) is 105 Å². The van der Waals surface area contributed by atoms with Crippen LogP contribution < -0.4 is 10.6 Å². The number of hydrogen-bond acceptors (Lipinski definition) is 5. The molecule has 0 radical (unpaired) electrons. The van der Waals surface area contributed by atoms with Crippen molar-refractivity contribution < 1.29 is 14.5 Å². The average molecular weight is 463 g/mol. The number of likely N-dealkylation sites (tertiary alicyclic amines) is 1. The van der Waals surface area contributed by atoms with Crippen molar-refractivity contribution in [3.8, 4) is 0 Å². The highest BCUT2D eigenvalue weighted by Gasteiger charge is 2.35. The van der Waals surface area contributed by atoms with Gasteiger partial charge in [-0.2, -0.15) is 0 Å². The highest BCUT2D eigenvalue weighted by molar-refractivity contribution is 6.35. The molecular formula is C21H20Cl2N4O4. The molecule has 1 aliphatic carbocycles. The Kier molecular flexibility index (Phi) is 6.02. The Balaban J connectivity index is 1.52. The van der Waals surface area contributed by atoms with Crippen LogP contribution in [0, 0.1) is 10.1 Å². The number of hydrogen-bond donors (Lipinski definition) is 2. The molecule has 2 amide bonds. The molecule has 0 spiro atoms. The van der Waals surface area contributed by atoms with Gasteiger partial charge in [0.05, 0.1) is 4.92 Å². The number of carbonyl (C=O) groups is 2. The monoisotopic (exact) mass is 462 g/mol. The second kappa shape index (κ2) is 8.72. The Labute approximate surface area is 188 Å². The first-order valence-corrected chi connectivity index (χ1v) is 10.7. The van der Waals surface area contributed by atoms with Gasteiger partial charge in [-0.25, -0.2) is 0 Å². The van der Waals surface area contributed by atoms with Crippen molar-refractivity contribution in [1.82, 2.24) is 4.90 Å². The first kappa shape index (κ1) is 21.4. The van der Waals surface area contributed by atoms with Crippen LogP contribution in [0.2, 0.25) is 10.0 Å². The highest BCUT2D eigenvalue weighted by Crippen LogP contribution is 2.32. The molecule has 4 rings (SSSR count). The van der Waals surface area contributed by atoms with Crippen LogP contribution in [0.1, 0.15) is 36.0 Å². The van der Waals surface area contributed by atoms with Gasteiger partial charge in [-0.05, 0) is 56.0 Å². The first-order valence-electron chi connectivity index (χ1n) is 9.95. The highest BCUT2D eigenvalue weighted by atomic mass is 35.5. The van der Waals surface area contributed by atoms with Gasteiger partial charge >= 0.3 is 0 Å². The molecule has 1 aliphatic heterocycles. The summed E-state index contributed by atoms with van der Waals surface area (Å²) < 4.78 is 0. The van der Waals surface area contributed by atoms with Crippen LogP contribution in [0.4, 0.5) is 17.1 Å². The van der Waals surface area contributed by atoms with Crippen molar-refractivity contribution in [2.24, 2.45) is 0 Å². The minimum absolute atomic E-state index is 0.147. The van der Waals surface area contributed by atoms with E-state index in [1.165, 1.54) is 11.0 Å². The van der Waals surface area contributed by atoms with Crippen LogP contribution >= 0.6 is 23.2 Å². The van der Waals surface area contributed by atoms with Gasteiger partial charge in [0, 0.05) is 39.9 Å². The van der Waals surface area contributed by atoms with Gasteiger partial charge in [-0.1, -0.05) is 23.2 Å². The molecule has 2 aromatic rings. The van der Waals surface area contributed by atoms with Crippen LogP contribution in [-0.4, -0.2) is 40.3 Å². The molecule has 1 saturated carbocycles. The van der Waals surface area contributed by atoms with Crippen molar-refractivity contribution in [3.05, 3.63) is 62.1 Å². The summed E-state index contributed by atoms with van der Waals surface area (Å²) in [6.45, 7) is 0.392. The van der Waals surface area contributed by atoms with E-state index >= 15 is 0 Å². The van der Waals surface area contributed by atoms with Gasteiger partial charge in [-0.15, -0.1) is 0 Å². The molecule has 1 unspecified atom stereocenters. The molecule has 31 heavy (non-hydrogen) atoms. The summed E-state index contributed by atoms with van der Waals surface area (Å²) >= 11 is 12.0. The number of anilines is 2. The number of halogens is 2. The van der Waals surface area contributed by atoms with E-state index in [1.807, 2.05) is 0 Å². The third-order valence-corrected chi connectivity index (χ3v) is 5.76. The van der Waals surface area contributed by atoms with Crippen molar-refractivity contribution in [2.45, 2.75) is 37.8 Å². The summed E-state index contributed by atoms with van der Waals surface area (Å²) in [7, 11) is 0. The second-order valence-electron chi connectivity index (χ2n) is 7.71. The molecule has 2 aromatic carbocycles. The number of nitrogens with one attached hydrogen (secondary N) is 2. The Bertz CT molecular complexity index is 1040. The lowest BCUT2D eigenvalue weighted by molar-refractivity contribution is -0.384. The summed E-state index contributed by atoms with van der Waals surface area (Å²) in [5.74, 6) is -0.770. The molecule has 1 heterocycles. The largest absolute Gasteiger partial charge is 0.377 e. The molecule has 2 fully saturated rings. The maximum atomic E-state index is 13.1. The SMILES string of the molecule is O=C(Nc1cc(Cl)cc(Cl)c1)C1CCCN1C(=O)c1ccc(NC2CC2)c([N+](=O)[O-])c1. The number of carbonyl (C=O) groups excluding carboxylic acids is 2. The summed E-state index contributed by atoms with van der Waals surface area (Å²) in [4.78, 5) is 38.4. The van der Waals surface area contributed by atoms with Crippen molar-refractivity contribution in [2.75, 3.05) is 17.2 Å². The predicted molar refractivity (Wildman–Crippen MR) is 119 cm³/mol. The molecule has 2 N–H and O–H groups in total. The fraction of sp³-hybridized carbons (Fsp3) is 0.333. The standard InChI is InChI=1S/C21H20Cl2N4O4/c22-13-9-14(23)11-16(10-13)25-20(28)18-2-1-7-26(18)21(29)12-3-6-17(24-15-4-5-15)19(8-12)27(30)31/h3,6,8-11,15,18,24H,1-2,4-5,7H2,(H,25,28). The van der Waals surface area contributed by atoms with Crippen molar-refractivity contribution in [3.63, 3.8) is 0 Å². The van der Waals surface area contributed by atoms with E-state index in [0.29, 0.717) is 40.8 Å². The van der Waals surface area contributed by atoms with E-state index < -0.39 is 16.9 Å². The third-order valence-electron chi connectivity index (χ3n) is 5.32. The van der Waals surface area contributed by atoms with E-state index in [0.717, 1.165) is 12.8 Å². The molecule has 2 aliphatic rings. The van der Waals surface area contributed by atoms with Gasteiger partial charge < -0.3 is 15.5 Å². The van der Waals surface area contributed by atoms with Gasteiger partial charge in [0.25, 0.3) is 11.6 Å². The number of nitro groups is 1. The maximum Gasteiger partial charge on any atom is 0.293 e. The molecule has 1 saturated heterocycles. The fourth-order valence-corrected chi connectivity index (χ4v) is 4.21. The van der Waals surface area contributed by atoms with Crippen LogP contribution in [0.3, 0.4) is 0 Å². The molecule has 0 aromatic heterocycles. The Morgan fingerprint density at radius 1 is 1.06 bits per heavy atom. The van der Waals surface area contributed by atoms with E-state index in [-0.39, 0.29) is 23.2 Å². The van der Waals surface area contributed by atoms with Gasteiger partial charge in [0.2, 0.25) is 5.91 Å². The quantitative estimate of drug-likeness (QED) is 0.477. The number of nitro benzene ring substituents is 1. The van der Waals surface area contributed by atoms with Gasteiger partial charge in [-0.3, -0.25) is 19.7 Å².